The molecule has 0 aromatic rings. The molecule has 1 unspecified atom stereocenters. The van der Waals surface area contributed by atoms with Gasteiger partial charge in [-0.3, -0.25) is 0 Å². The van der Waals surface area contributed by atoms with Crippen LogP contribution in [0.25, 0.3) is 0 Å². The van der Waals surface area contributed by atoms with Gasteiger partial charge >= 0.3 is 0 Å². The maximum Gasteiger partial charge on any atom is 0.0459 e. The number of aliphatic hydroxyl groups is 1. The summed E-state index contributed by atoms with van der Waals surface area (Å²) in [4.78, 5) is 0. The van der Waals surface area contributed by atoms with Crippen molar-refractivity contribution in [1.29, 1.82) is 0 Å². The van der Waals surface area contributed by atoms with E-state index in [1.807, 2.05) is 0 Å². The molecular weight excluding hydrogens is 160 g/mol. The first-order valence-electron chi connectivity index (χ1n) is 5.57. The van der Waals surface area contributed by atoms with Crippen molar-refractivity contribution >= 4 is 0 Å². The molecule has 0 amide bonds. The van der Waals surface area contributed by atoms with Crippen molar-refractivity contribution in [3.63, 3.8) is 0 Å². The summed E-state index contributed by atoms with van der Waals surface area (Å²) in [5.74, 6) is 0.546. The van der Waals surface area contributed by atoms with Crippen molar-refractivity contribution < 1.29 is 5.11 Å². The summed E-state index contributed by atoms with van der Waals surface area (Å²) in [7, 11) is 0. The van der Waals surface area contributed by atoms with E-state index in [9.17, 15) is 0 Å². The Balaban J connectivity index is 3.36. The van der Waals surface area contributed by atoms with Gasteiger partial charge in [0, 0.05) is 6.61 Å². The molecule has 78 valence electrons. The topological polar surface area (TPSA) is 20.2 Å². The van der Waals surface area contributed by atoms with Gasteiger partial charge in [-0.1, -0.05) is 31.9 Å². The van der Waals surface area contributed by atoms with Crippen molar-refractivity contribution in [1.82, 2.24) is 0 Å². The third-order valence-corrected chi connectivity index (χ3v) is 2.44. The van der Waals surface area contributed by atoms with Gasteiger partial charge in [-0.05, 0) is 38.5 Å². The van der Waals surface area contributed by atoms with Gasteiger partial charge in [-0.25, -0.2) is 0 Å². The summed E-state index contributed by atoms with van der Waals surface area (Å²) in [6.07, 6.45) is 11.6. The van der Waals surface area contributed by atoms with Crippen LogP contribution >= 0.6 is 0 Å². The molecule has 0 aliphatic rings. The maximum absolute atomic E-state index is 9.09. The molecule has 0 aliphatic heterocycles. The molecule has 13 heavy (non-hydrogen) atoms. The summed E-state index contributed by atoms with van der Waals surface area (Å²) in [6.45, 7) is 4.63. The van der Waals surface area contributed by atoms with Gasteiger partial charge < -0.3 is 5.11 Å². The molecule has 0 spiro atoms. The molecular formula is C12H24O. The summed E-state index contributed by atoms with van der Waals surface area (Å²) in [5.41, 5.74) is 0. The Bertz CT molecular complexity index is 118. The molecule has 1 atom stereocenters. The van der Waals surface area contributed by atoms with Gasteiger partial charge in [0.25, 0.3) is 0 Å². The van der Waals surface area contributed by atoms with Crippen molar-refractivity contribution in [3.8, 4) is 0 Å². The summed E-state index contributed by atoms with van der Waals surface area (Å²) in [5, 5.41) is 9.09. The monoisotopic (exact) mass is 184 g/mol. The largest absolute Gasteiger partial charge is 0.396 e. The first kappa shape index (κ1) is 12.7. The van der Waals surface area contributed by atoms with Crippen molar-refractivity contribution in [3.05, 3.63) is 12.2 Å². The number of hydrogen-bond acceptors (Lipinski definition) is 1. The van der Waals surface area contributed by atoms with Gasteiger partial charge in [0.05, 0.1) is 0 Å². The predicted molar refractivity (Wildman–Crippen MR) is 58.8 cm³/mol. The van der Waals surface area contributed by atoms with Crippen LogP contribution in [0.2, 0.25) is 0 Å². The van der Waals surface area contributed by atoms with E-state index in [1.54, 1.807) is 0 Å². The Kier molecular flexibility index (Phi) is 9.56. The normalized spacial score (nSPS) is 13.8. The molecule has 1 N–H and O–H groups in total. The molecule has 0 bridgehead atoms. The Morgan fingerprint density at radius 1 is 1.23 bits per heavy atom. The minimum Gasteiger partial charge on any atom is -0.396 e. The second-order valence-corrected chi connectivity index (χ2v) is 3.69. The fraction of sp³-hybridized carbons (Fsp3) is 0.833. The van der Waals surface area contributed by atoms with Crippen LogP contribution in [-0.2, 0) is 0 Å². The fourth-order valence-electron chi connectivity index (χ4n) is 1.51. The Morgan fingerprint density at radius 3 is 2.46 bits per heavy atom. The first-order chi connectivity index (χ1) is 6.35. The van der Waals surface area contributed by atoms with Crippen LogP contribution in [0.1, 0.15) is 52.4 Å². The molecule has 1 nitrogen and oxygen atoms in total. The maximum atomic E-state index is 9.09. The molecule has 0 aliphatic carbocycles. The number of unbranched alkanes of at least 4 members (excludes halogenated alkanes) is 2. The number of aliphatic hydroxyl groups excluding tert-OH is 1. The fourth-order valence-corrected chi connectivity index (χ4v) is 1.51. The van der Waals surface area contributed by atoms with Crippen LogP contribution in [0.15, 0.2) is 12.2 Å². The lowest BCUT2D eigenvalue weighted by atomic mass is 9.97. The molecule has 0 saturated carbocycles. The van der Waals surface area contributed by atoms with Crippen LogP contribution in [0.4, 0.5) is 0 Å². The van der Waals surface area contributed by atoms with E-state index >= 15 is 0 Å². The standard InChI is InChI=1S/C12H24O/c1-3-5-7-8-10-12(11-13)9-6-4-2/h3,5,12-13H,4,6-11H2,1-2H3. The molecule has 0 aromatic carbocycles. The molecule has 0 saturated heterocycles. The summed E-state index contributed by atoms with van der Waals surface area (Å²) < 4.78 is 0. The third kappa shape index (κ3) is 8.04. The molecule has 1 heteroatoms. The van der Waals surface area contributed by atoms with E-state index in [-0.39, 0.29) is 0 Å². The average molecular weight is 184 g/mol. The Labute approximate surface area is 82.9 Å². The van der Waals surface area contributed by atoms with Crippen molar-refractivity contribution in [2.45, 2.75) is 52.4 Å². The van der Waals surface area contributed by atoms with Gasteiger partial charge in [0.15, 0.2) is 0 Å². The zero-order valence-corrected chi connectivity index (χ0v) is 9.13. The van der Waals surface area contributed by atoms with Crippen LogP contribution in [-0.4, -0.2) is 11.7 Å². The SMILES string of the molecule is CC=CCCCC(CO)CCCC. The van der Waals surface area contributed by atoms with Crippen LogP contribution < -0.4 is 0 Å². The van der Waals surface area contributed by atoms with Gasteiger partial charge in [-0.15, -0.1) is 0 Å². The lowest BCUT2D eigenvalue weighted by Gasteiger charge is -2.12. The predicted octanol–water partition coefficient (Wildman–Crippen LogP) is 3.53. The number of hydrogen-bond donors (Lipinski definition) is 1. The molecule has 0 rings (SSSR count). The highest BCUT2D eigenvalue weighted by Crippen LogP contribution is 2.15. The second-order valence-electron chi connectivity index (χ2n) is 3.69. The first-order valence-corrected chi connectivity index (χ1v) is 5.57. The minimum absolute atomic E-state index is 0.371. The van der Waals surface area contributed by atoms with Crippen LogP contribution in [0.5, 0.6) is 0 Å². The smallest absolute Gasteiger partial charge is 0.0459 e. The quantitative estimate of drug-likeness (QED) is 0.452. The van der Waals surface area contributed by atoms with E-state index < -0.39 is 0 Å². The number of allylic oxidation sites excluding steroid dienone is 2. The number of rotatable bonds is 8. The highest BCUT2D eigenvalue weighted by molar-refractivity contribution is 4.76. The van der Waals surface area contributed by atoms with Crippen LogP contribution in [0, 0.1) is 5.92 Å². The molecule has 0 heterocycles. The van der Waals surface area contributed by atoms with Crippen molar-refractivity contribution in [2.24, 2.45) is 5.92 Å². The molecule has 0 radical (unpaired) electrons. The van der Waals surface area contributed by atoms with Gasteiger partial charge in [0.2, 0.25) is 0 Å². The van der Waals surface area contributed by atoms with E-state index in [2.05, 4.69) is 26.0 Å². The van der Waals surface area contributed by atoms with E-state index in [0.29, 0.717) is 12.5 Å². The Morgan fingerprint density at radius 2 is 1.92 bits per heavy atom. The third-order valence-electron chi connectivity index (χ3n) is 2.44. The van der Waals surface area contributed by atoms with E-state index in [0.717, 1.165) is 0 Å². The summed E-state index contributed by atoms with van der Waals surface area (Å²) in [6, 6.07) is 0. The lowest BCUT2D eigenvalue weighted by Crippen LogP contribution is -2.05. The Hall–Kier alpha value is -0.300. The van der Waals surface area contributed by atoms with E-state index in [4.69, 9.17) is 5.11 Å². The second kappa shape index (κ2) is 9.79. The highest BCUT2D eigenvalue weighted by atomic mass is 16.3. The molecule has 0 aromatic heterocycles. The molecule has 0 fully saturated rings. The van der Waals surface area contributed by atoms with Crippen LogP contribution in [0.3, 0.4) is 0 Å². The van der Waals surface area contributed by atoms with Gasteiger partial charge in [0.1, 0.15) is 0 Å². The zero-order chi connectivity index (χ0) is 9.94. The van der Waals surface area contributed by atoms with E-state index in [1.165, 1.54) is 38.5 Å². The average Bonchev–Trinajstić information content (AvgIpc) is 2.17. The van der Waals surface area contributed by atoms with Gasteiger partial charge in [-0.2, -0.15) is 0 Å². The van der Waals surface area contributed by atoms with Crippen molar-refractivity contribution in [2.75, 3.05) is 6.61 Å². The summed E-state index contributed by atoms with van der Waals surface area (Å²) >= 11 is 0. The minimum atomic E-state index is 0.371. The zero-order valence-electron chi connectivity index (χ0n) is 9.13. The lowest BCUT2D eigenvalue weighted by molar-refractivity contribution is 0.206. The highest BCUT2D eigenvalue weighted by Gasteiger charge is 2.05.